The van der Waals surface area contributed by atoms with Crippen LogP contribution < -0.4 is 9.47 Å². The number of fused-ring (bicyclic) bond motifs is 8. The SMILES string of the molecule is O=S(=O)(O)c1ccccc1CCC1C(CCc2ccccc2SOOO)[n+]2c(sc3cc4ccccc4cc32)C=C2Sc3cc4ccccc4cc3N21. The highest BCUT2D eigenvalue weighted by Crippen LogP contribution is 2.52. The van der Waals surface area contributed by atoms with Crippen LogP contribution in [0.5, 0.6) is 0 Å². The van der Waals surface area contributed by atoms with Crippen molar-refractivity contribution >= 4 is 88.8 Å². The molecule has 0 saturated carbocycles. The first-order valence-electron chi connectivity index (χ1n) is 17.2. The molecule has 0 fully saturated rings. The number of rotatable bonds is 10. The topological polar surface area (TPSA) is 100 Å². The minimum absolute atomic E-state index is 0.0546. The molecule has 2 aliphatic rings. The second kappa shape index (κ2) is 14.2. The van der Waals surface area contributed by atoms with Crippen molar-refractivity contribution in [2.24, 2.45) is 0 Å². The Hall–Kier alpha value is -4.24. The van der Waals surface area contributed by atoms with Crippen molar-refractivity contribution in [2.45, 2.75) is 52.5 Å². The lowest BCUT2D eigenvalue weighted by Crippen LogP contribution is -2.51. The zero-order valence-corrected chi connectivity index (χ0v) is 31.4. The van der Waals surface area contributed by atoms with E-state index in [0.29, 0.717) is 24.8 Å². The van der Waals surface area contributed by atoms with Gasteiger partial charge in [-0.25, -0.2) is 5.26 Å². The Morgan fingerprint density at radius 2 is 1.42 bits per heavy atom. The molecule has 0 saturated heterocycles. The molecule has 12 heteroatoms. The molecule has 0 spiro atoms. The van der Waals surface area contributed by atoms with Gasteiger partial charge in [0, 0.05) is 22.3 Å². The van der Waals surface area contributed by atoms with E-state index >= 15 is 0 Å². The first-order chi connectivity index (χ1) is 25.9. The molecule has 3 heterocycles. The summed E-state index contributed by atoms with van der Waals surface area (Å²) in [6, 6.07) is 40.5. The highest BCUT2D eigenvalue weighted by Gasteiger charge is 2.45. The summed E-state index contributed by atoms with van der Waals surface area (Å²) >= 11 is 4.53. The van der Waals surface area contributed by atoms with E-state index in [4.69, 9.17) is 9.59 Å². The van der Waals surface area contributed by atoms with Crippen molar-refractivity contribution in [1.82, 2.24) is 0 Å². The molecule has 9 rings (SSSR count). The van der Waals surface area contributed by atoms with Gasteiger partial charge in [-0.05, 0) is 82.3 Å². The van der Waals surface area contributed by atoms with Gasteiger partial charge < -0.3 is 4.90 Å². The molecule has 7 aromatic rings. The van der Waals surface area contributed by atoms with Crippen molar-refractivity contribution in [3.8, 4) is 0 Å². The number of benzene rings is 6. The van der Waals surface area contributed by atoms with E-state index in [2.05, 4.69) is 99.4 Å². The minimum atomic E-state index is -4.42. The lowest BCUT2D eigenvalue weighted by molar-refractivity contribution is -0.698. The minimum Gasteiger partial charge on any atom is -0.325 e. The fraction of sp³-hybridized carbons (Fsp3) is 0.146. The number of hydrogen-bond donors (Lipinski definition) is 2. The van der Waals surface area contributed by atoms with Crippen LogP contribution in [0.3, 0.4) is 0 Å². The normalized spacial score (nSPS) is 16.8. The van der Waals surface area contributed by atoms with Gasteiger partial charge in [0.25, 0.3) is 15.1 Å². The molecule has 2 aliphatic heterocycles. The average Bonchev–Trinajstić information content (AvgIpc) is 3.65. The number of thiazole rings is 1. The molecule has 1 aromatic heterocycles. The zero-order chi connectivity index (χ0) is 36.1. The van der Waals surface area contributed by atoms with Crippen molar-refractivity contribution in [1.29, 1.82) is 0 Å². The predicted octanol–water partition coefficient (Wildman–Crippen LogP) is 10.3. The first kappa shape index (κ1) is 34.5. The first-order valence-corrected chi connectivity index (χ1v) is 21.0. The third-order valence-corrected chi connectivity index (χ3v) is 14.0. The summed E-state index contributed by atoms with van der Waals surface area (Å²) < 4.78 is 43.8. The Kier molecular flexibility index (Phi) is 9.25. The maximum Gasteiger partial charge on any atom is 0.294 e. The van der Waals surface area contributed by atoms with Crippen LogP contribution in [0.4, 0.5) is 5.69 Å². The van der Waals surface area contributed by atoms with Gasteiger partial charge in [0.05, 0.1) is 39.8 Å². The van der Waals surface area contributed by atoms with Crippen molar-refractivity contribution in [3.63, 3.8) is 0 Å². The van der Waals surface area contributed by atoms with E-state index < -0.39 is 10.1 Å². The summed E-state index contributed by atoms with van der Waals surface area (Å²) in [5.74, 6) is 0. The molecule has 0 bridgehead atoms. The average molecular weight is 778 g/mol. The molecule has 53 heavy (non-hydrogen) atoms. The smallest absolute Gasteiger partial charge is 0.294 e. The summed E-state index contributed by atoms with van der Waals surface area (Å²) in [5, 5.41) is 19.8. The third-order valence-electron chi connectivity index (χ3n) is 10.2. The number of thioether (sulfide) groups is 1. The van der Waals surface area contributed by atoms with E-state index in [9.17, 15) is 13.0 Å². The van der Waals surface area contributed by atoms with Gasteiger partial charge >= 0.3 is 0 Å². The molecular weight excluding hydrogens is 745 g/mol. The molecule has 8 nitrogen and oxygen atoms in total. The Balaban J connectivity index is 1.24. The molecule has 0 radical (unpaired) electrons. The van der Waals surface area contributed by atoms with Crippen molar-refractivity contribution < 1.29 is 32.2 Å². The second-order valence-electron chi connectivity index (χ2n) is 13.2. The highest BCUT2D eigenvalue weighted by molar-refractivity contribution is 8.04. The van der Waals surface area contributed by atoms with Crippen molar-refractivity contribution in [3.05, 3.63) is 142 Å². The van der Waals surface area contributed by atoms with Crippen LogP contribution in [0, 0.1) is 0 Å². The Morgan fingerprint density at radius 3 is 2.17 bits per heavy atom. The monoisotopic (exact) mass is 777 g/mol. The van der Waals surface area contributed by atoms with Gasteiger partial charge in [-0.1, -0.05) is 113 Å². The number of anilines is 1. The largest absolute Gasteiger partial charge is 0.325 e. The number of aryl methyl sites for hydroxylation is 2. The molecule has 2 atom stereocenters. The van der Waals surface area contributed by atoms with Crippen LogP contribution in [-0.4, -0.2) is 24.3 Å². The zero-order valence-electron chi connectivity index (χ0n) is 28.2. The summed E-state index contributed by atoms with van der Waals surface area (Å²) in [7, 11) is -4.42. The van der Waals surface area contributed by atoms with Crippen molar-refractivity contribution in [2.75, 3.05) is 4.90 Å². The fourth-order valence-electron chi connectivity index (χ4n) is 7.90. The van der Waals surface area contributed by atoms with Gasteiger partial charge in [0.1, 0.15) is 4.70 Å². The van der Waals surface area contributed by atoms with Gasteiger partial charge in [-0.3, -0.25) is 4.55 Å². The van der Waals surface area contributed by atoms with Crippen LogP contribution in [0.15, 0.2) is 141 Å². The van der Waals surface area contributed by atoms with Gasteiger partial charge in [-0.2, -0.15) is 13.0 Å². The van der Waals surface area contributed by atoms with Crippen LogP contribution >= 0.6 is 35.1 Å². The number of aromatic nitrogens is 1. The second-order valence-corrected chi connectivity index (χ2v) is 17.5. The van der Waals surface area contributed by atoms with Gasteiger partial charge in [0.15, 0.2) is 6.04 Å². The van der Waals surface area contributed by atoms with Gasteiger partial charge in [0.2, 0.25) is 5.52 Å². The molecule has 2 unspecified atom stereocenters. The summed E-state index contributed by atoms with van der Waals surface area (Å²) in [5.41, 5.74) is 3.92. The molecule has 6 aromatic carbocycles. The molecule has 0 amide bonds. The van der Waals surface area contributed by atoms with Crippen LogP contribution in [-0.2, 0) is 32.3 Å². The van der Waals surface area contributed by atoms with Crippen LogP contribution in [0.25, 0.3) is 37.8 Å². The van der Waals surface area contributed by atoms with E-state index in [1.807, 2.05) is 24.3 Å². The maximum absolute atomic E-state index is 12.5. The number of nitrogens with zero attached hydrogens (tertiary/aromatic N) is 2. The molecule has 2 N–H and O–H groups in total. The Morgan fingerprint density at radius 1 is 0.774 bits per heavy atom. The quantitative estimate of drug-likeness (QED) is 0.0462. The number of hydrogen-bond acceptors (Lipinski definition) is 9. The molecular formula is C41H33N2O6S4+. The fourth-order valence-corrected chi connectivity index (χ4v) is 11.6. The Labute approximate surface area is 319 Å². The maximum atomic E-state index is 12.5. The summed E-state index contributed by atoms with van der Waals surface area (Å²) in [6.45, 7) is 0. The molecule has 266 valence electrons. The van der Waals surface area contributed by atoms with E-state index in [0.717, 1.165) is 60.9 Å². The van der Waals surface area contributed by atoms with Gasteiger partial charge in [-0.15, -0.1) is 4.33 Å². The third kappa shape index (κ3) is 6.53. The van der Waals surface area contributed by atoms with E-state index in [1.165, 1.54) is 26.4 Å². The Bertz CT molecular complexity index is 2680. The lowest BCUT2D eigenvalue weighted by Gasteiger charge is -2.33. The van der Waals surface area contributed by atoms with E-state index in [1.54, 1.807) is 35.2 Å². The predicted molar refractivity (Wildman–Crippen MR) is 213 cm³/mol. The van der Waals surface area contributed by atoms with Crippen LogP contribution in [0.2, 0.25) is 0 Å². The highest BCUT2D eigenvalue weighted by atomic mass is 32.2. The lowest BCUT2D eigenvalue weighted by atomic mass is 9.92. The van der Waals surface area contributed by atoms with Crippen LogP contribution in [0.1, 0.15) is 35.0 Å². The summed E-state index contributed by atoms with van der Waals surface area (Å²) in [6.07, 6.45) is 4.79. The van der Waals surface area contributed by atoms with E-state index in [-0.39, 0.29) is 17.0 Å². The molecule has 0 aliphatic carbocycles. The summed E-state index contributed by atoms with van der Waals surface area (Å²) in [4.78, 5) is 4.44. The standard InChI is InChI=1S/C41H32N2O6S4/c44-48-49-52-36-15-7-5-9-26(36)17-19-32-33(20-18-27-10-6-8-16-39(27)53(45,46)47)43-35-22-29-12-2-4-14-31(29)24-38(35)51-41(43)25-40-42(32)34-21-28-11-1-3-13-30(28)23-37(34)50-40/h1-16,21-25,32-33H,17-20H2,(H-,44,45,46,47)/p+1.